The molecule has 1 saturated heterocycles. The van der Waals surface area contributed by atoms with Crippen molar-refractivity contribution < 1.29 is 13.2 Å². The van der Waals surface area contributed by atoms with Crippen LogP contribution in [0.2, 0.25) is 0 Å². The first-order valence-corrected chi connectivity index (χ1v) is 8.04. The maximum Gasteiger partial charge on any atom is 0.393 e. The van der Waals surface area contributed by atoms with Crippen LogP contribution in [0.1, 0.15) is 30.0 Å². The number of alkyl halides is 3. The summed E-state index contributed by atoms with van der Waals surface area (Å²) in [7, 11) is 0. The van der Waals surface area contributed by atoms with Crippen LogP contribution >= 0.6 is 0 Å². The third kappa shape index (κ3) is 2.45. The van der Waals surface area contributed by atoms with Gasteiger partial charge in [-0.2, -0.15) is 13.2 Å². The Morgan fingerprint density at radius 2 is 1.43 bits per heavy atom. The van der Waals surface area contributed by atoms with E-state index in [-0.39, 0.29) is 19.0 Å². The molecule has 1 atom stereocenters. The highest BCUT2D eigenvalue weighted by atomic mass is 19.4. The fraction of sp³-hybridized carbons (Fsp3) is 0.368. The number of likely N-dealkylation sites (tertiary alicyclic amines) is 1. The van der Waals surface area contributed by atoms with Crippen LogP contribution in [0.15, 0.2) is 48.5 Å². The van der Waals surface area contributed by atoms with Crippen molar-refractivity contribution in [2.45, 2.75) is 25.1 Å². The van der Waals surface area contributed by atoms with Crippen molar-refractivity contribution in [1.29, 1.82) is 0 Å². The van der Waals surface area contributed by atoms with Crippen LogP contribution in [-0.4, -0.2) is 24.2 Å². The van der Waals surface area contributed by atoms with E-state index in [1.165, 1.54) is 0 Å². The van der Waals surface area contributed by atoms with Crippen molar-refractivity contribution in [2.75, 3.05) is 13.1 Å². The second kappa shape index (κ2) is 5.38. The molecule has 0 N–H and O–H groups in total. The number of hydrogen-bond acceptors (Lipinski definition) is 1. The van der Waals surface area contributed by atoms with E-state index in [4.69, 9.17) is 0 Å². The zero-order chi connectivity index (χ0) is 16.0. The zero-order valence-electron chi connectivity index (χ0n) is 12.7. The standard InChI is InChI=1S/C19H18F3N/c20-19(21,22)13-6-5-11-23(12-13)18-16-9-3-1-7-14(16)15-8-2-4-10-17(15)18/h1-4,7-10,13,18H,5-6,11-12H2. The molecule has 4 heteroatoms. The third-order valence-electron chi connectivity index (χ3n) is 5.08. The van der Waals surface area contributed by atoms with Gasteiger partial charge < -0.3 is 0 Å². The molecule has 0 amide bonds. The van der Waals surface area contributed by atoms with Crippen molar-refractivity contribution in [1.82, 2.24) is 4.90 Å². The van der Waals surface area contributed by atoms with Crippen molar-refractivity contribution >= 4 is 0 Å². The van der Waals surface area contributed by atoms with Gasteiger partial charge in [-0.05, 0) is 41.6 Å². The number of halogens is 3. The number of benzene rings is 2. The van der Waals surface area contributed by atoms with Crippen LogP contribution in [0.5, 0.6) is 0 Å². The van der Waals surface area contributed by atoms with Gasteiger partial charge >= 0.3 is 6.18 Å². The summed E-state index contributed by atoms with van der Waals surface area (Å²) in [4.78, 5) is 2.02. The SMILES string of the molecule is FC(F)(F)C1CCCN(C2c3ccccc3-c3ccccc32)C1. The summed E-state index contributed by atoms with van der Waals surface area (Å²) in [6.45, 7) is 0.816. The van der Waals surface area contributed by atoms with Gasteiger partial charge in [-0.25, -0.2) is 0 Å². The molecule has 2 aromatic carbocycles. The molecular formula is C19H18F3N. The van der Waals surface area contributed by atoms with E-state index in [1.54, 1.807) is 0 Å². The van der Waals surface area contributed by atoms with Crippen molar-refractivity contribution in [2.24, 2.45) is 5.92 Å². The molecule has 1 nitrogen and oxygen atoms in total. The monoisotopic (exact) mass is 317 g/mol. The van der Waals surface area contributed by atoms with Gasteiger partial charge in [0.05, 0.1) is 12.0 Å². The average molecular weight is 317 g/mol. The number of rotatable bonds is 1. The molecule has 0 aromatic heterocycles. The summed E-state index contributed by atoms with van der Waals surface area (Å²) >= 11 is 0. The number of hydrogen-bond donors (Lipinski definition) is 0. The van der Waals surface area contributed by atoms with Gasteiger partial charge in [0.1, 0.15) is 0 Å². The predicted octanol–water partition coefficient (Wildman–Crippen LogP) is 5.03. The Hall–Kier alpha value is -1.81. The Balaban J connectivity index is 1.74. The summed E-state index contributed by atoms with van der Waals surface area (Å²) < 4.78 is 39.5. The van der Waals surface area contributed by atoms with E-state index >= 15 is 0 Å². The van der Waals surface area contributed by atoms with Gasteiger partial charge in [-0.15, -0.1) is 0 Å². The van der Waals surface area contributed by atoms with Gasteiger partial charge in [0.2, 0.25) is 0 Å². The van der Waals surface area contributed by atoms with Gasteiger partial charge in [0.15, 0.2) is 0 Å². The van der Waals surface area contributed by atoms with E-state index in [0.717, 1.165) is 28.8 Å². The summed E-state index contributed by atoms with van der Waals surface area (Å²) in [5, 5.41) is 0. The summed E-state index contributed by atoms with van der Waals surface area (Å²) in [5.41, 5.74) is 4.58. The Bertz CT molecular complexity index is 677. The second-order valence-electron chi connectivity index (χ2n) is 6.45. The Morgan fingerprint density at radius 1 is 0.870 bits per heavy atom. The van der Waals surface area contributed by atoms with Crippen LogP contribution in [0.4, 0.5) is 13.2 Å². The molecule has 4 rings (SSSR count). The first-order chi connectivity index (χ1) is 11.1. The Labute approximate surface area is 133 Å². The van der Waals surface area contributed by atoms with E-state index in [1.807, 2.05) is 29.2 Å². The molecule has 23 heavy (non-hydrogen) atoms. The van der Waals surface area contributed by atoms with Gasteiger partial charge in [-0.1, -0.05) is 48.5 Å². The van der Waals surface area contributed by atoms with Crippen molar-refractivity contribution in [3.8, 4) is 11.1 Å². The van der Waals surface area contributed by atoms with Gasteiger partial charge in [0, 0.05) is 6.54 Å². The molecule has 0 bridgehead atoms. The van der Waals surface area contributed by atoms with E-state index in [2.05, 4.69) is 24.3 Å². The van der Waals surface area contributed by atoms with Crippen LogP contribution in [0, 0.1) is 5.92 Å². The van der Waals surface area contributed by atoms with Crippen molar-refractivity contribution in [3.05, 3.63) is 59.7 Å². The molecular weight excluding hydrogens is 299 g/mol. The minimum absolute atomic E-state index is 0.0486. The first kappa shape index (κ1) is 14.8. The number of nitrogens with zero attached hydrogens (tertiary/aromatic N) is 1. The molecule has 2 aromatic rings. The molecule has 0 saturated carbocycles. The maximum atomic E-state index is 13.2. The topological polar surface area (TPSA) is 3.24 Å². The lowest BCUT2D eigenvalue weighted by Gasteiger charge is -2.38. The fourth-order valence-corrected chi connectivity index (χ4v) is 4.03. The van der Waals surface area contributed by atoms with E-state index < -0.39 is 12.1 Å². The number of fused-ring (bicyclic) bond motifs is 3. The quantitative estimate of drug-likeness (QED) is 0.713. The summed E-state index contributed by atoms with van der Waals surface area (Å²) in [5.74, 6) is -1.21. The molecule has 1 heterocycles. The highest BCUT2D eigenvalue weighted by Crippen LogP contribution is 2.48. The minimum Gasteiger partial charge on any atom is -0.292 e. The lowest BCUT2D eigenvalue weighted by molar-refractivity contribution is -0.188. The van der Waals surface area contributed by atoms with Gasteiger partial charge in [-0.3, -0.25) is 4.90 Å². The highest BCUT2D eigenvalue weighted by Gasteiger charge is 2.44. The highest BCUT2D eigenvalue weighted by molar-refractivity contribution is 5.78. The molecule has 1 aliphatic carbocycles. The fourth-order valence-electron chi connectivity index (χ4n) is 4.03. The molecule has 1 fully saturated rings. The Morgan fingerprint density at radius 3 is 2.00 bits per heavy atom. The number of piperidine rings is 1. The predicted molar refractivity (Wildman–Crippen MR) is 84.1 cm³/mol. The third-order valence-corrected chi connectivity index (χ3v) is 5.08. The lowest BCUT2D eigenvalue weighted by Crippen LogP contribution is -2.43. The average Bonchev–Trinajstić information content (AvgIpc) is 2.89. The normalized spacial score (nSPS) is 22.0. The molecule has 120 valence electrons. The Kier molecular flexibility index (Phi) is 3.45. The minimum atomic E-state index is -4.10. The molecule has 0 spiro atoms. The smallest absolute Gasteiger partial charge is 0.292 e. The van der Waals surface area contributed by atoms with E-state index in [9.17, 15) is 13.2 Å². The molecule has 1 aliphatic heterocycles. The van der Waals surface area contributed by atoms with Crippen LogP contribution in [0.25, 0.3) is 11.1 Å². The zero-order valence-corrected chi connectivity index (χ0v) is 12.7. The summed E-state index contributed by atoms with van der Waals surface area (Å²) in [6, 6.07) is 16.1. The molecule has 1 unspecified atom stereocenters. The first-order valence-electron chi connectivity index (χ1n) is 8.04. The van der Waals surface area contributed by atoms with Crippen LogP contribution in [-0.2, 0) is 0 Å². The van der Waals surface area contributed by atoms with E-state index in [0.29, 0.717) is 6.42 Å². The lowest BCUT2D eigenvalue weighted by atomic mass is 9.93. The van der Waals surface area contributed by atoms with Crippen molar-refractivity contribution in [3.63, 3.8) is 0 Å². The maximum absolute atomic E-state index is 13.2. The van der Waals surface area contributed by atoms with Crippen LogP contribution in [0.3, 0.4) is 0 Å². The molecule has 0 radical (unpaired) electrons. The molecule has 2 aliphatic rings. The second-order valence-corrected chi connectivity index (χ2v) is 6.45. The summed E-state index contributed by atoms with van der Waals surface area (Å²) in [6.07, 6.45) is -3.25. The largest absolute Gasteiger partial charge is 0.393 e. The van der Waals surface area contributed by atoms with Crippen LogP contribution < -0.4 is 0 Å². The van der Waals surface area contributed by atoms with Gasteiger partial charge in [0.25, 0.3) is 0 Å².